The summed E-state index contributed by atoms with van der Waals surface area (Å²) in [5.41, 5.74) is 1.11. The summed E-state index contributed by atoms with van der Waals surface area (Å²) < 4.78 is 1.74. The van der Waals surface area contributed by atoms with Crippen LogP contribution in [0.3, 0.4) is 0 Å². The number of hydrogen-bond acceptors (Lipinski definition) is 4. The predicted molar refractivity (Wildman–Crippen MR) is 84.0 cm³/mol. The van der Waals surface area contributed by atoms with Crippen molar-refractivity contribution in [2.45, 2.75) is 27.7 Å². The van der Waals surface area contributed by atoms with E-state index in [1.165, 1.54) is 0 Å². The molecule has 1 amide bonds. The van der Waals surface area contributed by atoms with Gasteiger partial charge in [-0.15, -0.1) is 0 Å². The smallest absolute Gasteiger partial charge is 0.251 e. The summed E-state index contributed by atoms with van der Waals surface area (Å²) in [6.07, 6.45) is 0. The monoisotopic (exact) mass is 302 g/mol. The van der Waals surface area contributed by atoms with Crippen LogP contribution in [0.2, 0.25) is 0 Å². The van der Waals surface area contributed by atoms with Gasteiger partial charge in [0.05, 0.1) is 5.69 Å². The van der Waals surface area contributed by atoms with Gasteiger partial charge in [-0.05, 0) is 38.1 Å². The van der Waals surface area contributed by atoms with Crippen molar-refractivity contribution < 1.29 is 9.90 Å². The molecule has 0 radical (unpaired) electrons. The normalized spacial score (nSPS) is 11.5. The van der Waals surface area contributed by atoms with Crippen molar-refractivity contribution in [3.05, 3.63) is 41.5 Å². The Balaban J connectivity index is 2.09. The Bertz CT molecular complexity index is 659. The minimum Gasteiger partial charge on any atom is -0.396 e. The Hall–Kier alpha value is -2.21. The van der Waals surface area contributed by atoms with Crippen molar-refractivity contribution in [2.24, 2.45) is 5.41 Å². The second kappa shape index (κ2) is 6.27. The number of aromatic nitrogens is 3. The lowest BCUT2D eigenvalue weighted by Gasteiger charge is -2.21. The van der Waals surface area contributed by atoms with Crippen LogP contribution in [-0.2, 0) is 0 Å². The van der Waals surface area contributed by atoms with Crippen LogP contribution in [0, 0.1) is 19.3 Å². The molecule has 6 nitrogen and oxygen atoms in total. The molecule has 0 fully saturated rings. The summed E-state index contributed by atoms with van der Waals surface area (Å²) in [5, 5.41) is 16.3. The topological polar surface area (TPSA) is 80.0 Å². The summed E-state index contributed by atoms with van der Waals surface area (Å²) in [6.45, 7) is 7.97. The van der Waals surface area contributed by atoms with E-state index in [1.807, 2.05) is 39.8 Å². The van der Waals surface area contributed by atoms with E-state index >= 15 is 0 Å². The van der Waals surface area contributed by atoms with E-state index in [9.17, 15) is 9.90 Å². The summed E-state index contributed by atoms with van der Waals surface area (Å²) in [7, 11) is 0. The highest BCUT2D eigenvalue weighted by Gasteiger charge is 2.18. The molecule has 0 unspecified atom stereocenters. The van der Waals surface area contributed by atoms with E-state index in [1.54, 1.807) is 16.8 Å². The van der Waals surface area contributed by atoms with Crippen LogP contribution in [0.5, 0.6) is 0 Å². The molecule has 0 bridgehead atoms. The number of rotatable bonds is 5. The molecule has 0 saturated carbocycles. The standard InChI is InChI=1S/C16H22N4O2/c1-11-18-12(2)20(19-11)14-7-5-13(6-8-14)15(22)17-9-16(3,4)10-21/h5-8,21H,9-10H2,1-4H3,(H,17,22). The van der Waals surface area contributed by atoms with Crippen LogP contribution in [0.1, 0.15) is 35.9 Å². The van der Waals surface area contributed by atoms with Gasteiger partial charge in [-0.1, -0.05) is 13.8 Å². The number of amides is 1. The van der Waals surface area contributed by atoms with Crippen LogP contribution < -0.4 is 5.32 Å². The maximum Gasteiger partial charge on any atom is 0.251 e. The number of aryl methyl sites for hydroxylation is 2. The fraction of sp³-hybridized carbons (Fsp3) is 0.438. The van der Waals surface area contributed by atoms with E-state index in [-0.39, 0.29) is 17.9 Å². The molecule has 22 heavy (non-hydrogen) atoms. The van der Waals surface area contributed by atoms with Gasteiger partial charge in [-0.3, -0.25) is 4.79 Å². The highest BCUT2D eigenvalue weighted by molar-refractivity contribution is 5.94. The second-order valence-corrected chi connectivity index (χ2v) is 6.17. The lowest BCUT2D eigenvalue weighted by atomic mass is 9.95. The molecular weight excluding hydrogens is 280 g/mol. The molecule has 2 aromatic rings. The van der Waals surface area contributed by atoms with Crippen LogP contribution in [0.25, 0.3) is 5.69 Å². The van der Waals surface area contributed by atoms with E-state index in [0.29, 0.717) is 17.9 Å². The van der Waals surface area contributed by atoms with E-state index in [2.05, 4.69) is 15.4 Å². The molecule has 2 rings (SSSR count). The minimum absolute atomic E-state index is 0.0249. The van der Waals surface area contributed by atoms with Crippen molar-refractivity contribution in [1.29, 1.82) is 0 Å². The first-order valence-corrected chi connectivity index (χ1v) is 7.22. The fourth-order valence-corrected chi connectivity index (χ4v) is 2.00. The molecule has 1 aromatic heterocycles. The summed E-state index contributed by atoms with van der Waals surface area (Å²) in [6, 6.07) is 7.20. The summed E-state index contributed by atoms with van der Waals surface area (Å²) in [4.78, 5) is 16.4. The fourth-order valence-electron chi connectivity index (χ4n) is 2.00. The molecule has 6 heteroatoms. The SMILES string of the molecule is Cc1nc(C)n(-c2ccc(C(=O)NCC(C)(C)CO)cc2)n1. The molecule has 0 atom stereocenters. The molecule has 1 aromatic carbocycles. The first-order valence-electron chi connectivity index (χ1n) is 7.22. The molecule has 2 N–H and O–H groups in total. The quantitative estimate of drug-likeness (QED) is 0.880. The predicted octanol–water partition coefficient (Wildman–Crippen LogP) is 1.63. The average Bonchev–Trinajstić information content (AvgIpc) is 2.84. The number of benzene rings is 1. The third kappa shape index (κ3) is 3.71. The molecule has 118 valence electrons. The highest BCUT2D eigenvalue weighted by atomic mass is 16.3. The molecular formula is C16H22N4O2. The first kappa shape index (κ1) is 16.2. The molecule has 0 aliphatic heterocycles. The number of nitrogens with zero attached hydrogens (tertiary/aromatic N) is 3. The number of aliphatic hydroxyl groups is 1. The van der Waals surface area contributed by atoms with Gasteiger partial charge in [0.15, 0.2) is 0 Å². The Morgan fingerprint density at radius 1 is 1.27 bits per heavy atom. The van der Waals surface area contributed by atoms with Crippen molar-refractivity contribution >= 4 is 5.91 Å². The number of carbonyl (C=O) groups is 1. The molecule has 1 heterocycles. The highest BCUT2D eigenvalue weighted by Crippen LogP contribution is 2.13. The zero-order valence-electron chi connectivity index (χ0n) is 13.4. The van der Waals surface area contributed by atoms with Crippen LogP contribution in [-0.4, -0.2) is 38.9 Å². The largest absolute Gasteiger partial charge is 0.396 e. The van der Waals surface area contributed by atoms with Crippen LogP contribution in [0.4, 0.5) is 0 Å². The van der Waals surface area contributed by atoms with Gasteiger partial charge in [-0.2, -0.15) is 5.10 Å². The Labute approximate surface area is 130 Å². The molecule has 0 saturated heterocycles. The Morgan fingerprint density at radius 3 is 2.41 bits per heavy atom. The maximum atomic E-state index is 12.1. The number of nitrogens with one attached hydrogen (secondary N) is 1. The average molecular weight is 302 g/mol. The van der Waals surface area contributed by atoms with Crippen LogP contribution >= 0.6 is 0 Å². The van der Waals surface area contributed by atoms with Crippen molar-refractivity contribution in [3.63, 3.8) is 0 Å². The zero-order valence-corrected chi connectivity index (χ0v) is 13.4. The van der Waals surface area contributed by atoms with Gasteiger partial charge in [0.25, 0.3) is 5.91 Å². The third-order valence-electron chi connectivity index (χ3n) is 3.40. The lowest BCUT2D eigenvalue weighted by molar-refractivity contribution is 0.0911. The van der Waals surface area contributed by atoms with Gasteiger partial charge < -0.3 is 10.4 Å². The van der Waals surface area contributed by atoms with Crippen molar-refractivity contribution in [2.75, 3.05) is 13.2 Å². The van der Waals surface area contributed by atoms with Crippen LogP contribution in [0.15, 0.2) is 24.3 Å². The number of carbonyl (C=O) groups excluding carboxylic acids is 1. The number of hydrogen-bond donors (Lipinski definition) is 2. The molecule has 0 aliphatic rings. The van der Waals surface area contributed by atoms with E-state index in [0.717, 1.165) is 11.5 Å². The minimum atomic E-state index is -0.328. The summed E-state index contributed by atoms with van der Waals surface area (Å²) in [5.74, 6) is 1.37. The zero-order chi connectivity index (χ0) is 16.3. The van der Waals surface area contributed by atoms with Gasteiger partial charge >= 0.3 is 0 Å². The summed E-state index contributed by atoms with van der Waals surface area (Å²) >= 11 is 0. The van der Waals surface area contributed by atoms with E-state index < -0.39 is 0 Å². The van der Waals surface area contributed by atoms with E-state index in [4.69, 9.17) is 0 Å². The first-order chi connectivity index (χ1) is 10.3. The Kier molecular flexibility index (Phi) is 4.61. The Morgan fingerprint density at radius 2 is 1.91 bits per heavy atom. The lowest BCUT2D eigenvalue weighted by Crippen LogP contribution is -2.36. The second-order valence-electron chi connectivity index (χ2n) is 6.17. The van der Waals surface area contributed by atoms with Gasteiger partial charge in [0, 0.05) is 24.1 Å². The third-order valence-corrected chi connectivity index (χ3v) is 3.40. The molecule has 0 spiro atoms. The molecule has 0 aliphatic carbocycles. The van der Waals surface area contributed by atoms with Gasteiger partial charge in [0.1, 0.15) is 11.6 Å². The van der Waals surface area contributed by atoms with Gasteiger partial charge in [0.2, 0.25) is 0 Å². The van der Waals surface area contributed by atoms with Crippen molar-refractivity contribution in [3.8, 4) is 5.69 Å². The van der Waals surface area contributed by atoms with Gasteiger partial charge in [-0.25, -0.2) is 9.67 Å². The number of aliphatic hydroxyl groups excluding tert-OH is 1. The maximum absolute atomic E-state index is 12.1. The van der Waals surface area contributed by atoms with Crippen molar-refractivity contribution in [1.82, 2.24) is 20.1 Å².